The van der Waals surface area contributed by atoms with Gasteiger partial charge in [-0.1, -0.05) is 30.3 Å². The summed E-state index contributed by atoms with van der Waals surface area (Å²) in [6, 6.07) is 13.0. The van der Waals surface area contributed by atoms with Crippen molar-refractivity contribution < 1.29 is 13.4 Å². The van der Waals surface area contributed by atoms with Crippen LogP contribution in [0.4, 0.5) is 4.39 Å². The summed E-state index contributed by atoms with van der Waals surface area (Å²) in [5.74, 6) is -0.543. The third-order valence-corrected chi connectivity index (χ3v) is 4.95. The number of carbonyl (C=O) groups excluding carboxylic acids is 1. The number of hydrogen-bond donors (Lipinski definition) is 1. The number of benzene rings is 2. The topological polar surface area (TPSA) is 60.2 Å². The van der Waals surface area contributed by atoms with Gasteiger partial charge in [-0.15, -0.1) is 0 Å². The Morgan fingerprint density at radius 1 is 1.19 bits per heavy atom. The molecule has 1 amide bonds. The molecule has 0 bridgehead atoms. The van der Waals surface area contributed by atoms with Crippen molar-refractivity contribution in [1.82, 2.24) is 0 Å². The molecule has 0 unspecified atom stereocenters. The molecule has 0 aromatic heterocycles. The monoisotopic (exact) mass is 305 g/mol. The lowest BCUT2D eigenvalue weighted by Crippen LogP contribution is -2.11. The van der Waals surface area contributed by atoms with E-state index < -0.39 is 22.0 Å². The zero-order chi connectivity index (χ0) is 15.4. The maximum absolute atomic E-state index is 13.7. The summed E-state index contributed by atoms with van der Waals surface area (Å²) in [6.45, 7) is 1.74. The number of halogens is 1. The SMILES string of the molecule is C[C@@H](c1ccccc1F)[S@@](=O)Cc1ccc(C(N)=O)cc1. The van der Waals surface area contributed by atoms with Gasteiger partial charge in [0, 0.05) is 27.7 Å². The molecule has 2 aromatic rings. The zero-order valence-electron chi connectivity index (χ0n) is 11.6. The van der Waals surface area contributed by atoms with E-state index in [9.17, 15) is 13.4 Å². The van der Waals surface area contributed by atoms with Crippen LogP contribution in [0.2, 0.25) is 0 Å². The molecule has 0 aliphatic carbocycles. The van der Waals surface area contributed by atoms with E-state index in [1.807, 2.05) is 0 Å². The van der Waals surface area contributed by atoms with E-state index in [0.717, 1.165) is 5.56 Å². The van der Waals surface area contributed by atoms with Crippen molar-refractivity contribution in [2.24, 2.45) is 5.73 Å². The molecule has 0 saturated carbocycles. The van der Waals surface area contributed by atoms with Crippen LogP contribution in [-0.2, 0) is 16.6 Å². The fourth-order valence-corrected chi connectivity index (χ4v) is 3.25. The van der Waals surface area contributed by atoms with Crippen LogP contribution in [0, 0.1) is 5.82 Å². The number of primary amides is 1. The fourth-order valence-electron chi connectivity index (χ4n) is 2.00. The number of carbonyl (C=O) groups is 1. The molecule has 0 saturated heterocycles. The summed E-state index contributed by atoms with van der Waals surface area (Å²) < 4.78 is 26.0. The molecule has 0 heterocycles. The third kappa shape index (κ3) is 3.76. The molecule has 0 radical (unpaired) electrons. The molecule has 0 aliphatic heterocycles. The Morgan fingerprint density at radius 2 is 1.81 bits per heavy atom. The van der Waals surface area contributed by atoms with Gasteiger partial charge in [0.15, 0.2) is 0 Å². The van der Waals surface area contributed by atoms with E-state index in [0.29, 0.717) is 16.9 Å². The van der Waals surface area contributed by atoms with E-state index in [1.165, 1.54) is 6.07 Å². The molecule has 0 fully saturated rings. The summed E-state index contributed by atoms with van der Waals surface area (Å²) in [5, 5.41) is -0.401. The fraction of sp³-hybridized carbons (Fsp3) is 0.188. The van der Waals surface area contributed by atoms with Gasteiger partial charge in [-0.2, -0.15) is 0 Å². The van der Waals surface area contributed by atoms with Crippen molar-refractivity contribution in [1.29, 1.82) is 0 Å². The first-order chi connectivity index (χ1) is 9.99. The van der Waals surface area contributed by atoms with Crippen LogP contribution in [0.5, 0.6) is 0 Å². The standard InChI is InChI=1S/C16H16FNO2S/c1-11(14-4-2-3-5-15(14)17)21(20)10-12-6-8-13(9-7-12)16(18)19/h2-9,11H,10H2,1H3,(H2,18,19)/t11-,21-/m0/s1. The van der Waals surface area contributed by atoms with E-state index in [-0.39, 0.29) is 5.82 Å². The van der Waals surface area contributed by atoms with Gasteiger partial charge in [-0.25, -0.2) is 4.39 Å². The van der Waals surface area contributed by atoms with Crippen LogP contribution in [0.15, 0.2) is 48.5 Å². The molecule has 3 nitrogen and oxygen atoms in total. The highest BCUT2D eigenvalue weighted by Crippen LogP contribution is 2.24. The Balaban J connectivity index is 2.11. The molecule has 110 valence electrons. The van der Waals surface area contributed by atoms with Crippen LogP contribution in [0.1, 0.15) is 33.7 Å². The highest BCUT2D eigenvalue weighted by atomic mass is 32.2. The maximum Gasteiger partial charge on any atom is 0.248 e. The lowest BCUT2D eigenvalue weighted by Gasteiger charge is -2.13. The number of amides is 1. The van der Waals surface area contributed by atoms with Crippen molar-refractivity contribution in [2.75, 3.05) is 0 Å². The predicted octanol–water partition coefficient (Wildman–Crippen LogP) is 2.93. The van der Waals surface area contributed by atoms with Crippen molar-refractivity contribution in [3.8, 4) is 0 Å². The predicted molar refractivity (Wildman–Crippen MR) is 81.6 cm³/mol. The second-order valence-corrected chi connectivity index (χ2v) is 6.51. The van der Waals surface area contributed by atoms with Crippen molar-refractivity contribution in [2.45, 2.75) is 17.9 Å². The molecule has 2 aromatic carbocycles. The molecule has 2 atom stereocenters. The van der Waals surface area contributed by atoms with Crippen molar-refractivity contribution >= 4 is 16.7 Å². The number of rotatable bonds is 5. The lowest BCUT2D eigenvalue weighted by atomic mass is 10.1. The van der Waals surface area contributed by atoms with Crippen LogP contribution >= 0.6 is 0 Å². The van der Waals surface area contributed by atoms with Gasteiger partial charge < -0.3 is 5.73 Å². The van der Waals surface area contributed by atoms with Crippen LogP contribution in [0.3, 0.4) is 0 Å². The van der Waals surface area contributed by atoms with Gasteiger partial charge in [0.25, 0.3) is 0 Å². The van der Waals surface area contributed by atoms with E-state index >= 15 is 0 Å². The summed E-state index contributed by atoms with van der Waals surface area (Å²) in [5.41, 5.74) is 6.84. The molecule has 0 spiro atoms. The Bertz CT molecular complexity index is 670. The normalized spacial score (nSPS) is 13.6. The third-order valence-electron chi connectivity index (χ3n) is 3.28. The summed E-state index contributed by atoms with van der Waals surface area (Å²) in [6.07, 6.45) is 0. The molecule has 2 rings (SSSR count). The number of hydrogen-bond acceptors (Lipinski definition) is 2. The van der Waals surface area contributed by atoms with Gasteiger partial charge in [-0.05, 0) is 30.7 Å². The summed E-state index contributed by atoms with van der Waals surface area (Å²) in [7, 11) is -1.25. The van der Waals surface area contributed by atoms with E-state index in [1.54, 1.807) is 49.4 Å². The average Bonchev–Trinajstić information content (AvgIpc) is 2.47. The zero-order valence-corrected chi connectivity index (χ0v) is 12.4. The van der Waals surface area contributed by atoms with Crippen LogP contribution in [-0.4, -0.2) is 10.1 Å². The second kappa shape index (κ2) is 6.63. The van der Waals surface area contributed by atoms with Crippen molar-refractivity contribution in [3.05, 3.63) is 71.0 Å². The molecular weight excluding hydrogens is 289 g/mol. The Labute approximate surface area is 125 Å². The molecule has 5 heteroatoms. The lowest BCUT2D eigenvalue weighted by molar-refractivity contribution is 0.100. The highest BCUT2D eigenvalue weighted by molar-refractivity contribution is 7.84. The number of nitrogens with two attached hydrogens (primary N) is 1. The minimum atomic E-state index is -1.25. The first-order valence-corrected chi connectivity index (χ1v) is 7.87. The quantitative estimate of drug-likeness (QED) is 0.923. The summed E-state index contributed by atoms with van der Waals surface area (Å²) >= 11 is 0. The average molecular weight is 305 g/mol. The van der Waals surface area contributed by atoms with Gasteiger partial charge in [0.1, 0.15) is 5.82 Å². The van der Waals surface area contributed by atoms with Gasteiger partial charge in [0.2, 0.25) is 5.91 Å². The van der Waals surface area contributed by atoms with Gasteiger partial charge >= 0.3 is 0 Å². The maximum atomic E-state index is 13.7. The Morgan fingerprint density at radius 3 is 2.38 bits per heavy atom. The minimum absolute atomic E-state index is 0.300. The summed E-state index contributed by atoms with van der Waals surface area (Å²) in [4.78, 5) is 11.0. The van der Waals surface area contributed by atoms with E-state index in [4.69, 9.17) is 5.73 Å². The van der Waals surface area contributed by atoms with Crippen LogP contribution < -0.4 is 5.73 Å². The minimum Gasteiger partial charge on any atom is -0.366 e. The largest absolute Gasteiger partial charge is 0.366 e. The first kappa shape index (κ1) is 15.4. The van der Waals surface area contributed by atoms with Crippen molar-refractivity contribution in [3.63, 3.8) is 0 Å². The second-order valence-electron chi connectivity index (χ2n) is 4.75. The first-order valence-electron chi connectivity index (χ1n) is 6.49. The Kier molecular flexibility index (Phi) is 4.85. The Hall–Kier alpha value is -2.01. The molecule has 21 heavy (non-hydrogen) atoms. The van der Waals surface area contributed by atoms with E-state index in [2.05, 4.69) is 0 Å². The molecular formula is C16H16FNO2S. The van der Waals surface area contributed by atoms with Crippen LogP contribution in [0.25, 0.3) is 0 Å². The molecule has 0 aliphatic rings. The van der Waals surface area contributed by atoms with Gasteiger partial charge in [-0.3, -0.25) is 9.00 Å². The van der Waals surface area contributed by atoms with Gasteiger partial charge in [0.05, 0.1) is 5.25 Å². The molecule has 2 N–H and O–H groups in total. The smallest absolute Gasteiger partial charge is 0.248 e. The highest BCUT2D eigenvalue weighted by Gasteiger charge is 2.17.